The molecule has 2 N–H and O–H groups in total. The van der Waals surface area contributed by atoms with Gasteiger partial charge in [-0.2, -0.15) is 0 Å². The van der Waals surface area contributed by atoms with Crippen LogP contribution in [0.3, 0.4) is 0 Å². The summed E-state index contributed by atoms with van der Waals surface area (Å²) in [7, 11) is 0. The SMILES string of the molecule is C#CCCCNC1(CO)CC1. The summed E-state index contributed by atoms with van der Waals surface area (Å²) in [6.45, 7) is 1.20. The molecule has 0 atom stereocenters. The fourth-order valence-electron chi connectivity index (χ4n) is 1.09. The van der Waals surface area contributed by atoms with Crippen LogP contribution in [0.15, 0.2) is 0 Å². The lowest BCUT2D eigenvalue weighted by Crippen LogP contribution is -2.35. The molecule has 0 spiro atoms. The molecule has 1 aliphatic rings. The van der Waals surface area contributed by atoms with Crippen molar-refractivity contribution in [2.45, 2.75) is 31.2 Å². The highest BCUT2D eigenvalue weighted by molar-refractivity contribution is 5.01. The van der Waals surface area contributed by atoms with Crippen molar-refractivity contribution in [2.75, 3.05) is 13.2 Å². The van der Waals surface area contributed by atoms with Gasteiger partial charge in [0.2, 0.25) is 0 Å². The number of hydrogen-bond donors (Lipinski definition) is 2. The van der Waals surface area contributed by atoms with Gasteiger partial charge in [-0.1, -0.05) is 0 Å². The van der Waals surface area contributed by atoms with Gasteiger partial charge in [0.1, 0.15) is 0 Å². The van der Waals surface area contributed by atoms with Crippen LogP contribution in [-0.4, -0.2) is 23.8 Å². The molecule has 1 aliphatic carbocycles. The van der Waals surface area contributed by atoms with Crippen LogP contribution in [0.5, 0.6) is 0 Å². The highest BCUT2D eigenvalue weighted by atomic mass is 16.3. The van der Waals surface area contributed by atoms with Gasteiger partial charge in [-0.05, 0) is 25.8 Å². The van der Waals surface area contributed by atoms with Gasteiger partial charge in [-0.3, -0.25) is 0 Å². The Morgan fingerprint density at radius 3 is 2.73 bits per heavy atom. The van der Waals surface area contributed by atoms with E-state index >= 15 is 0 Å². The number of aliphatic hydroxyl groups excluding tert-OH is 1. The minimum Gasteiger partial charge on any atom is -0.394 e. The summed E-state index contributed by atoms with van der Waals surface area (Å²) in [5, 5.41) is 12.2. The summed E-state index contributed by atoms with van der Waals surface area (Å²) in [6.07, 6.45) is 9.16. The number of unbranched alkanes of at least 4 members (excludes halogenated alkanes) is 1. The molecule has 0 unspecified atom stereocenters. The monoisotopic (exact) mass is 153 g/mol. The standard InChI is InChI=1S/C9H15NO/c1-2-3-4-7-10-9(8-11)5-6-9/h1,10-11H,3-8H2. The lowest BCUT2D eigenvalue weighted by molar-refractivity contribution is 0.230. The van der Waals surface area contributed by atoms with E-state index in [2.05, 4.69) is 11.2 Å². The summed E-state index contributed by atoms with van der Waals surface area (Å²) in [6, 6.07) is 0. The molecule has 0 aromatic rings. The lowest BCUT2D eigenvalue weighted by Gasteiger charge is -2.12. The fourth-order valence-corrected chi connectivity index (χ4v) is 1.09. The van der Waals surface area contributed by atoms with E-state index in [1.54, 1.807) is 0 Å². The maximum absolute atomic E-state index is 8.91. The van der Waals surface area contributed by atoms with Gasteiger partial charge in [0.25, 0.3) is 0 Å². The average Bonchev–Trinajstić information content (AvgIpc) is 2.80. The van der Waals surface area contributed by atoms with Crippen molar-refractivity contribution in [3.63, 3.8) is 0 Å². The van der Waals surface area contributed by atoms with Crippen molar-refractivity contribution in [3.05, 3.63) is 0 Å². The summed E-state index contributed by atoms with van der Waals surface area (Å²) < 4.78 is 0. The van der Waals surface area contributed by atoms with Gasteiger partial charge in [-0.25, -0.2) is 0 Å². The maximum atomic E-state index is 8.91. The molecule has 1 saturated carbocycles. The van der Waals surface area contributed by atoms with E-state index in [4.69, 9.17) is 11.5 Å². The van der Waals surface area contributed by atoms with Crippen molar-refractivity contribution >= 4 is 0 Å². The predicted octanol–water partition coefficient (Wildman–Crippen LogP) is 0.514. The topological polar surface area (TPSA) is 32.3 Å². The Hall–Kier alpha value is -0.520. The number of terminal acetylenes is 1. The summed E-state index contributed by atoms with van der Waals surface area (Å²) in [5.41, 5.74) is 0.0780. The quantitative estimate of drug-likeness (QED) is 0.445. The Balaban J connectivity index is 2.00. The summed E-state index contributed by atoms with van der Waals surface area (Å²) >= 11 is 0. The second kappa shape index (κ2) is 3.75. The Labute approximate surface area is 68.0 Å². The van der Waals surface area contributed by atoms with Crippen LogP contribution < -0.4 is 5.32 Å². The van der Waals surface area contributed by atoms with E-state index in [0.29, 0.717) is 0 Å². The maximum Gasteiger partial charge on any atom is 0.0613 e. The third kappa shape index (κ3) is 2.53. The molecule has 62 valence electrons. The molecule has 0 bridgehead atoms. The Bertz CT molecular complexity index is 155. The third-order valence-electron chi connectivity index (χ3n) is 2.15. The van der Waals surface area contributed by atoms with Crippen LogP contribution in [0, 0.1) is 12.3 Å². The Kier molecular flexibility index (Phi) is 2.92. The molecule has 0 saturated heterocycles. The van der Waals surface area contributed by atoms with E-state index in [9.17, 15) is 0 Å². The molecule has 2 heteroatoms. The van der Waals surface area contributed by atoms with E-state index < -0.39 is 0 Å². The molecule has 2 nitrogen and oxygen atoms in total. The van der Waals surface area contributed by atoms with Crippen molar-refractivity contribution < 1.29 is 5.11 Å². The number of hydrogen-bond acceptors (Lipinski definition) is 2. The molecule has 0 aromatic heterocycles. The first-order chi connectivity index (χ1) is 5.33. The first-order valence-corrected chi connectivity index (χ1v) is 4.12. The van der Waals surface area contributed by atoms with Crippen LogP contribution in [0.1, 0.15) is 25.7 Å². The summed E-state index contributed by atoms with van der Waals surface area (Å²) in [5.74, 6) is 2.59. The molecule has 0 amide bonds. The summed E-state index contributed by atoms with van der Waals surface area (Å²) in [4.78, 5) is 0. The van der Waals surface area contributed by atoms with Crippen LogP contribution in [-0.2, 0) is 0 Å². The molecule has 1 rings (SSSR count). The van der Waals surface area contributed by atoms with Crippen LogP contribution >= 0.6 is 0 Å². The fraction of sp³-hybridized carbons (Fsp3) is 0.778. The molecular weight excluding hydrogens is 138 g/mol. The van der Waals surface area contributed by atoms with Gasteiger partial charge >= 0.3 is 0 Å². The second-order valence-corrected chi connectivity index (χ2v) is 3.17. The van der Waals surface area contributed by atoms with Gasteiger partial charge in [0, 0.05) is 12.0 Å². The van der Waals surface area contributed by atoms with Crippen LogP contribution in [0.2, 0.25) is 0 Å². The van der Waals surface area contributed by atoms with Gasteiger partial charge < -0.3 is 10.4 Å². The number of rotatable bonds is 5. The minimum absolute atomic E-state index is 0.0780. The Morgan fingerprint density at radius 1 is 1.55 bits per heavy atom. The molecule has 0 aromatic carbocycles. The molecular formula is C9H15NO. The van der Waals surface area contributed by atoms with Gasteiger partial charge in [0.15, 0.2) is 0 Å². The van der Waals surface area contributed by atoms with E-state index in [0.717, 1.165) is 32.2 Å². The van der Waals surface area contributed by atoms with Crippen molar-refractivity contribution in [1.82, 2.24) is 5.32 Å². The Morgan fingerprint density at radius 2 is 2.27 bits per heavy atom. The number of aliphatic hydroxyl groups is 1. The minimum atomic E-state index is 0.0780. The van der Waals surface area contributed by atoms with Crippen molar-refractivity contribution in [3.8, 4) is 12.3 Å². The molecule has 1 fully saturated rings. The zero-order valence-corrected chi connectivity index (χ0v) is 6.77. The molecule has 0 heterocycles. The van der Waals surface area contributed by atoms with Gasteiger partial charge in [-0.15, -0.1) is 12.3 Å². The highest BCUT2D eigenvalue weighted by Crippen LogP contribution is 2.34. The predicted molar refractivity (Wildman–Crippen MR) is 45.1 cm³/mol. The van der Waals surface area contributed by atoms with Crippen LogP contribution in [0.4, 0.5) is 0 Å². The largest absolute Gasteiger partial charge is 0.394 e. The molecule has 0 radical (unpaired) electrons. The first kappa shape index (κ1) is 8.58. The number of nitrogens with one attached hydrogen (secondary N) is 1. The van der Waals surface area contributed by atoms with Crippen LogP contribution in [0.25, 0.3) is 0 Å². The smallest absolute Gasteiger partial charge is 0.0613 e. The van der Waals surface area contributed by atoms with E-state index in [-0.39, 0.29) is 12.1 Å². The second-order valence-electron chi connectivity index (χ2n) is 3.17. The third-order valence-corrected chi connectivity index (χ3v) is 2.15. The lowest BCUT2D eigenvalue weighted by atomic mass is 10.2. The van der Waals surface area contributed by atoms with Crippen molar-refractivity contribution in [1.29, 1.82) is 0 Å². The first-order valence-electron chi connectivity index (χ1n) is 4.12. The molecule has 0 aliphatic heterocycles. The van der Waals surface area contributed by atoms with Crippen molar-refractivity contribution in [2.24, 2.45) is 0 Å². The van der Waals surface area contributed by atoms with Gasteiger partial charge in [0.05, 0.1) is 6.61 Å². The molecule has 11 heavy (non-hydrogen) atoms. The van der Waals surface area contributed by atoms with E-state index in [1.807, 2.05) is 0 Å². The normalized spacial score (nSPS) is 19.3. The zero-order chi connectivity index (χ0) is 8.16. The zero-order valence-electron chi connectivity index (χ0n) is 6.77. The average molecular weight is 153 g/mol. The van der Waals surface area contributed by atoms with E-state index in [1.165, 1.54) is 0 Å². The highest BCUT2D eigenvalue weighted by Gasteiger charge is 2.40.